The molecule has 0 saturated carbocycles. The molecule has 2 aromatic rings. The van der Waals surface area contributed by atoms with Crippen molar-refractivity contribution in [3.8, 4) is 11.4 Å². The molecule has 7 heteroatoms. The largest absolute Gasteiger partial charge is 0.383 e. The molecule has 2 rings (SSSR count). The standard InChI is InChI=1S/C19H28N4O3/c1-19(2,3)13-16-22-17(23-26-16)14-5-7-15(8-6-14)18(24)21-10-9-20-11-12-25-4/h5-8,20H,9-13H2,1-4H3,(H,21,24). The zero-order valence-corrected chi connectivity index (χ0v) is 16.0. The quantitative estimate of drug-likeness (QED) is 0.667. The van der Waals surface area contributed by atoms with Gasteiger partial charge in [-0.15, -0.1) is 0 Å². The topological polar surface area (TPSA) is 89.3 Å². The summed E-state index contributed by atoms with van der Waals surface area (Å²) in [4.78, 5) is 16.6. The molecule has 142 valence electrons. The van der Waals surface area contributed by atoms with E-state index >= 15 is 0 Å². The van der Waals surface area contributed by atoms with Crippen molar-refractivity contribution >= 4 is 5.91 Å². The average molecular weight is 360 g/mol. The van der Waals surface area contributed by atoms with Crippen LogP contribution in [0.3, 0.4) is 0 Å². The molecule has 7 nitrogen and oxygen atoms in total. The highest BCUT2D eigenvalue weighted by molar-refractivity contribution is 5.94. The number of amides is 1. The summed E-state index contributed by atoms with van der Waals surface area (Å²) in [6, 6.07) is 7.20. The third kappa shape index (κ3) is 6.57. The molecule has 1 heterocycles. The van der Waals surface area contributed by atoms with Gasteiger partial charge in [-0.2, -0.15) is 4.98 Å². The van der Waals surface area contributed by atoms with Crippen molar-refractivity contribution in [3.63, 3.8) is 0 Å². The molecule has 1 aromatic carbocycles. The third-order valence-corrected chi connectivity index (χ3v) is 3.63. The van der Waals surface area contributed by atoms with E-state index in [1.54, 1.807) is 19.2 Å². The first-order valence-electron chi connectivity index (χ1n) is 8.80. The van der Waals surface area contributed by atoms with Crippen LogP contribution < -0.4 is 10.6 Å². The van der Waals surface area contributed by atoms with Crippen molar-refractivity contribution in [3.05, 3.63) is 35.7 Å². The lowest BCUT2D eigenvalue weighted by atomic mass is 9.92. The fourth-order valence-electron chi connectivity index (χ4n) is 2.33. The molecule has 0 bridgehead atoms. The van der Waals surface area contributed by atoms with Crippen molar-refractivity contribution in [1.82, 2.24) is 20.8 Å². The van der Waals surface area contributed by atoms with Gasteiger partial charge in [0, 0.05) is 44.3 Å². The number of hydrogen-bond acceptors (Lipinski definition) is 6. The summed E-state index contributed by atoms with van der Waals surface area (Å²) < 4.78 is 10.3. The van der Waals surface area contributed by atoms with Crippen molar-refractivity contribution < 1.29 is 14.1 Å². The van der Waals surface area contributed by atoms with Crippen LogP contribution in [0.15, 0.2) is 28.8 Å². The smallest absolute Gasteiger partial charge is 0.251 e. The normalized spacial score (nSPS) is 11.5. The van der Waals surface area contributed by atoms with Crippen LogP contribution in [0.5, 0.6) is 0 Å². The van der Waals surface area contributed by atoms with Crippen LogP contribution >= 0.6 is 0 Å². The summed E-state index contributed by atoms with van der Waals surface area (Å²) >= 11 is 0. The van der Waals surface area contributed by atoms with Crippen molar-refractivity contribution in [1.29, 1.82) is 0 Å². The fourth-order valence-corrected chi connectivity index (χ4v) is 2.33. The Kier molecular flexibility index (Phi) is 7.29. The number of benzene rings is 1. The molecule has 0 aliphatic heterocycles. The second-order valence-electron chi connectivity index (χ2n) is 7.33. The van der Waals surface area contributed by atoms with Gasteiger partial charge in [0.2, 0.25) is 11.7 Å². The maximum absolute atomic E-state index is 12.1. The SMILES string of the molecule is COCCNCCNC(=O)c1ccc(-c2noc(CC(C)(C)C)n2)cc1. The zero-order chi connectivity index (χ0) is 19.0. The van der Waals surface area contributed by atoms with E-state index in [4.69, 9.17) is 9.26 Å². The number of aromatic nitrogens is 2. The number of hydrogen-bond donors (Lipinski definition) is 2. The Bertz CT molecular complexity index is 690. The number of nitrogens with zero attached hydrogens (tertiary/aromatic N) is 2. The summed E-state index contributed by atoms with van der Waals surface area (Å²) in [5, 5.41) is 10.1. The lowest BCUT2D eigenvalue weighted by molar-refractivity contribution is 0.0953. The lowest BCUT2D eigenvalue weighted by Gasteiger charge is -2.13. The predicted molar refractivity (Wildman–Crippen MR) is 100.0 cm³/mol. The molecule has 0 aliphatic carbocycles. The van der Waals surface area contributed by atoms with Gasteiger partial charge in [-0.3, -0.25) is 4.79 Å². The molecule has 0 radical (unpaired) electrons. The van der Waals surface area contributed by atoms with Gasteiger partial charge in [0.15, 0.2) is 0 Å². The van der Waals surface area contributed by atoms with E-state index in [2.05, 4.69) is 41.5 Å². The minimum Gasteiger partial charge on any atom is -0.383 e. The molecule has 0 aliphatic rings. The van der Waals surface area contributed by atoms with Crippen molar-refractivity contribution in [2.24, 2.45) is 5.41 Å². The van der Waals surface area contributed by atoms with Crippen molar-refractivity contribution in [2.45, 2.75) is 27.2 Å². The van der Waals surface area contributed by atoms with Gasteiger partial charge in [-0.05, 0) is 17.5 Å². The highest BCUT2D eigenvalue weighted by Gasteiger charge is 2.17. The van der Waals surface area contributed by atoms with E-state index in [0.717, 1.165) is 18.5 Å². The van der Waals surface area contributed by atoms with E-state index in [1.807, 2.05) is 12.1 Å². The third-order valence-electron chi connectivity index (χ3n) is 3.63. The Labute approximate surface area is 154 Å². The van der Waals surface area contributed by atoms with Crippen LogP contribution in [0.25, 0.3) is 11.4 Å². The highest BCUT2D eigenvalue weighted by atomic mass is 16.5. The van der Waals surface area contributed by atoms with Gasteiger partial charge in [0.05, 0.1) is 6.61 Å². The van der Waals surface area contributed by atoms with Gasteiger partial charge in [-0.25, -0.2) is 0 Å². The summed E-state index contributed by atoms with van der Waals surface area (Å²) in [6.45, 7) is 9.05. The van der Waals surface area contributed by atoms with E-state index in [-0.39, 0.29) is 11.3 Å². The molecule has 1 amide bonds. The molecule has 0 fully saturated rings. The van der Waals surface area contributed by atoms with Gasteiger partial charge in [0.25, 0.3) is 5.91 Å². The Morgan fingerprint density at radius 2 is 1.88 bits per heavy atom. The van der Waals surface area contributed by atoms with Gasteiger partial charge >= 0.3 is 0 Å². The van der Waals surface area contributed by atoms with E-state index < -0.39 is 0 Å². The summed E-state index contributed by atoms with van der Waals surface area (Å²) in [7, 11) is 1.66. The summed E-state index contributed by atoms with van der Waals surface area (Å²) in [5.74, 6) is 1.06. The molecule has 0 atom stereocenters. The minimum absolute atomic E-state index is 0.0875. The number of methoxy groups -OCH3 is 1. The van der Waals surface area contributed by atoms with Crippen LogP contribution in [-0.2, 0) is 11.2 Å². The fraction of sp³-hybridized carbons (Fsp3) is 0.526. The minimum atomic E-state index is -0.105. The first-order valence-corrected chi connectivity index (χ1v) is 8.80. The zero-order valence-electron chi connectivity index (χ0n) is 16.0. The van der Waals surface area contributed by atoms with Crippen LogP contribution in [0, 0.1) is 5.41 Å². The first kappa shape index (κ1) is 20.1. The maximum Gasteiger partial charge on any atom is 0.251 e. The monoisotopic (exact) mass is 360 g/mol. The molecule has 0 saturated heterocycles. The van der Waals surface area contributed by atoms with E-state index in [9.17, 15) is 4.79 Å². The van der Waals surface area contributed by atoms with Gasteiger partial charge in [0.1, 0.15) is 0 Å². The molecular formula is C19H28N4O3. The lowest BCUT2D eigenvalue weighted by Crippen LogP contribution is -2.33. The summed E-state index contributed by atoms with van der Waals surface area (Å²) in [6.07, 6.45) is 0.721. The molecule has 0 unspecified atom stereocenters. The van der Waals surface area contributed by atoms with Gasteiger partial charge in [-0.1, -0.05) is 38.1 Å². The van der Waals surface area contributed by atoms with Gasteiger partial charge < -0.3 is 19.9 Å². The maximum atomic E-state index is 12.1. The van der Waals surface area contributed by atoms with Crippen molar-refractivity contribution in [2.75, 3.05) is 33.4 Å². The number of carbonyl (C=O) groups is 1. The average Bonchev–Trinajstić information content (AvgIpc) is 3.04. The number of carbonyl (C=O) groups excluding carboxylic acids is 1. The van der Waals surface area contributed by atoms with Crippen LogP contribution in [0.1, 0.15) is 37.0 Å². The van der Waals surface area contributed by atoms with E-state index in [0.29, 0.717) is 37.0 Å². The highest BCUT2D eigenvalue weighted by Crippen LogP contribution is 2.22. The second kappa shape index (κ2) is 9.45. The molecule has 0 spiro atoms. The summed E-state index contributed by atoms with van der Waals surface area (Å²) in [5.41, 5.74) is 1.51. The predicted octanol–water partition coefficient (Wildman–Crippen LogP) is 2.29. The van der Waals surface area contributed by atoms with Crippen LogP contribution in [-0.4, -0.2) is 49.4 Å². The Morgan fingerprint density at radius 1 is 1.15 bits per heavy atom. The number of nitrogens with one attached hydrogen (secondary N) is 2. The number of rotatable bonds is 9. The Morgan fingerprint density at radius 3 is 2.54 bits per heavy atom. The molecule has 1 aromatic heterocycles. The van der Waals surface area contributed by atoms with E-state index in [1.165, 1.54) is 0 Å². The van der Waals surface area contributed by atoms with Crippen LogP contribution in [0.4, 0.5) is 0 Å². The van der Waals surface area contributed by atoms with Crippen LogP contribution in [0.2, 0.25) is 0 Å². The first-order chi connectivity index (χ1) is 12.4. The Balaban J connectivity index is 1.86. The molecule has 2 N–H and O–H groups in total. The second-order valence-corrected chi connectivity index (χ2v) is 7.33. The molecule has 26 heavy (non-hydrogen) atoms. The number of ether oxygens (including phenoxy) is 1. The molecular weight excluding hydrogens is 332 g/mol. The Hall–Kier alpha value is -2.25.